The van der Waals surface area contributed by atoms with Gasteiger partial charge in [0.2, 0.25) is 0 Å². The summed E-state index contributed by atoms with van der Waals surface area (Å²) in [5, 5.41) is 10.4. The summed E-state index contributed by atoms with van der Waals surface area (Å²) in [5.41, 5.74) is -0.321. The zero-order valence-electron chi connectivity index (χ0n) is 9.62. The minimum Gasteiger partial charge on any atom is -0.389 e. The molecule has 2 unspecified atom stereocenters. The molecule has 2 atom stereocenters. The zero-order valence-corrected chi connectivity index (χ0v) is 9.62. The van der Waals surface area contributed by atoms with Gasteiger partial charge in [0.25, 0.3) is 0 Å². The fourth-order valence-electron chi connectivity index (χ4n) is 4.07. The van der Waals surface area contributed by atoms with Gasteiger partial charge in [0.15, 0.2) is 0 Å². The van der Waals surface area contributed by atoms with Gasteiger partial charge in [-0.2, -0.15) is 0 Å². The summed E-state index contributed by atoms with van der Waals surface area (Å²) in [4.78, 5) is 2.54. The fourth-order valence-corrected chi connectivity index (χ4v) is 4.07. The molecule has 2 aliphatic carbocycles. The van der Waals surface area contributed by atoms with Crippen molar-refractivity contribution in [3.8, 4) is 0 Å². The number of hydrogen-bond donors (Lipinski definition) is 1. The van der Waals surface area contributed by atoms with Gasteiger partial charge < -0.3 is 5.11 Å². The topological polar surface area (TPSA) is 23.5 Å². The van der Waals surface area contributed by atoms with Crippen molar-refractivity contribution in [2.45, 2.75) is 50.5 Å². The minimum atomic E-state index is -0.321. The van der Waals surface area contributed by atoms with Crippen LogP contribution in [0.3, 0.4) is 0 Å². The average Bonchev–Trinajstić information content (AvgIpc) is 2.80. The standard InChI is InChI=1S/C13H23NO/c15-13(6-1-2-7-13)10-14-8-11-4-3-5-12(11)9-14/h11-12,15H,1-10H2. The summed E-state index contributed by atoms with van der Waals surface area (Å²) in [6, 6.07) is 0. The molecule has 2 heteroatoms. The second kappa shape index (κ2) is 3.74. The van der Waals surface area contributed by atoms with Gasteiger partial charge in [0.1, 0.15) is 0 Å². The largest absolute Gasteiger partial charge is 0.389 e. The maximum atomic E-state index is 10.4. The Morgan fingerprint density at radius 3 is 2.20 bits per heavy atom. The average molecular weight is 209 g/mol. The minimum absolute atomic E-state index is 0.321. The van der Waals surface area contributed by atoms with E-state index in [4.69, 9.17) is 0 Å². The monoisotopic (exact) mass is 209 g/mol. The van der Waals surface area contributed by atoms with Gasteiger partial charge in [0, 0.05) is 19.6 Å². The van der Waals surface area contributed by atoms with Crippen LogP contribution in [0.5, 0.6) is 0 Å². The van der Waals surface area contributed by atoms with Crippen molar-refractivity contribution in [3.63, 3.8) is 0 Å². The molecule has 86 valence electrons. The molecule has 0 spiro atoms. The van der Waals surface area contributed by atoms with Crippen LogP contribution in [0.4, 0.5) is 0 Å². The molecule has 3 rings (SSSR count). The number of nitrogens with zero attached hydrogens (tertiary/aromatic N) is 1. The van der Waals surface area contributed by atoms with Gasteiger partial charge in [0.05, 0.1) is 5.60 Å². The van der Waals surface area contributed by atoms with Crippen LogP contribution in [0.15, 0.2) is 0 Å². The third-order valence-electron chi connectivity index (χ3n) is 4.85. The molecule has 1 heterocycles. The Balaban J connectivity index is 1.56. The highest BCUT2D eigenvalue weighted by Crippen LogP contribution is 2.39. The molecule has 1 saturated heterocycles. The van der Waals surface area contributed by atoms with Gasteiger partial charge in [-0.1, -0.05) is 19.3 Å². The lowest BCUT2D eigenvalue weighted by Gasteiger charge is -2.28. The van der Waals surface area contributed by atoms with E-state index < -0.39 is 0 Å². The molecule has 0 radical (unpaired) electrons. The number of fused-ring (bicyclic) bond motifs is 1. The lowest BCUT2D eigenvalue weighted by Crippen LogP contribution is -2.40. The molecular weight excluding hydrogens is 186 g/mol. The first kappa shape index (κ1) is 10.1. The van der Waals surface area contributed by atoms with E-state index in [-0.39, 0.29) is 5.60 Å². The van der Waals surface area contributed by atoms with Gasteiger partial charge in [-0.25, -0.2) is 0 Å². The lowest BCUT2D eigenvalue weighted by molar-refractivity contribution is 0.0138. The van der Waals surface area contributed by atoms with E-state index in [0.717, 1.165) is 31.2 Å². The third kappa shape index (κ3) is 1.94. The summed E-state index contributed by atoms with van der Waals surface area (Å²) in [6.07, 6.45) is 8.89. The van der Waals surface area contributed by atoms with Gasteiger partial charge in [-0.3, -0.25) is 4.90 Å². The van der Waals surface area contributed by atoms with Gasteiger partial charge in [-0.05, 0) is 37.5 Å². The molecule has 1 N–H and O–H groups in total. The predicted octanol–water partition coefficient (Wildman–Crippen LogP) is 2.02. The lowest BCUT2D eigenvalue weighted by atomic mass is 10.0. The number of hydrogen-bond acceptors (Lipinski definition) is 2. The molecule has 15 heavy (non-hydrogen) atoms. The molecular formula is C13H23NO. The van der Waals surface area contributed by atoms with Gasteiger partial charge >= 0.3 is 0 Å². The number of likely N-dealkylation sites (tertiary alicyclic amines) is 1. The van der Waals surface area contributed by atoms with E-state index in [1.54, 1.807) is 0 Å². The van der Waals surface area contributed by atoms with Crippen LogP contribution in [0.25, 0.3) is 0 Å². The van der Waals surface area contributed by atoms with Crippen molar-refractivity contribution in [1.29, 1.82) is 0 Å². The Morgan fingerprint density at radius 2 is 1.60 bits per heavy atom. The quantitative estimate of drug-likeness (QED) is 0.752. The zero-order chi connectivity index (χ0) is 10.3. The Labute approximate surface area is 92.7 Å². The Morgan fingerprint density at radius 1 is 1.00 bits per heavy atom. The van der Waals surface area contributed by atoms with Crippen molar-refractivity contribution >= 4 is 0 Å². The molecule has 0 bridgehead atoms. The Kier molecular flexibility index (Phi) is 2.52. The van der Waals surface area contributed by atoms with E-state index in [1.165, 1.54) is 45.2 Å². The molecule has 2 nitrogen and oxygen atoms in total. The molecule has 2 saturated carbocycles. The van der Waals surface area contributed by atoms with Crippen LogP contribution in [-0.2, 0) is 0 Å². The summed E-state index contributed by atoms with van der Waals surface area (Å²) in [6.45, 7) is 3.50. The summed E-state index contributed by atoms with van der Waals surface area (Å²) < 4.78 is 0. The van der Waals surface area contributed by atoms with Crippen molar-refractivity contribution in [3.05, 3.63) is 0 Å². The highest BCUT2D eigenvalue weighted by atomic mass is 16.3. The smallest absolute Gasteiger partial charge is 0.0774 e. The van der Waals surface area contributed by atoms with Crippen LogP contribution < -0.4 is 0 Å². The Hall–Kier alpha value is -0.0800. The normalized spacial score (nSPS) is 39.8. The molecule has 3 fully saturated rings. The van der Waals surface area contributed by atoms with Crippen molar-refractivity contribution in [1.82, 2.24) is 4.90 Å². The molecule has 3 aliphatic rings. The maximum Gasteiger partial charge on any atom is 0.0774 e. The third-order valence-corrected chi connectivity index (χ3v) is 4.85. The first-order valence-corrected chi connectivity index (χ1v) is 6.70. The molecule has 0 amide bonds. The van der Waals surface area contributed by atoms with Crippen LogP contribution in [0.1, 0.15) is 44.9 Å². The van der Waals surface area contributed by atoms with Crippen molar-refractivity contribution in [2.75, 3.05) is 19.6 Å². The van der Waals surface area contributed by atoms with Crippen LogP contribution in [-0.4, -0.2) is 35.2 Å². The van der Waals surface area contributed by atoms with E-state index in [9.17, 15) is 5.11 Å². The first-order chi connectivity index (χ1) is 7.25. The summed E-state index contributed by atoms with van der Waals surface area (Å²) in [7, 11) is 0. The SMILES string of the molecule is OC1(CN2CC3CCCC3C2)CCCC1. The van der Waals surface area contributed by atoms with E-state index in [0.29, 0.717) is 0 Å². The van der Waals surface area contributed by atoms with Crippen molar-refractivity contribution in [2.24, 2.45) is 11.8 Å². The van der Waals surface area contributed by atoms with Crippen molar-refractivity contribution < 1.29 is 5.11 Å². The van der Waals surface area contributed by atoms with E-state index in [1.807, 2.05) is 0 Å². The number of rotatable bonds is 2. The summed E-state index contributed by atoms with van der Waals surface area (Å²) in [5.74, 6) is 1.94. The second-order valence-corrected chi connectivity index (χ2v) is 6.08. The molecule has 1 aliphatic heterocycles. The molecule has 0 aromatic rings. The summed E-state index contributed by atoms with van der Waals surface area (Å²) >= 11 is 0. The highest BCUT2D eigenvalue weighted by Gasteiger charge is 2.40. The van der Waals surface area contributed by atoms with E-state index in [2.05, 4.69) is 4.90 Å². The maximum absolute atomic E-state index is 10.4. The first-order valence-electron chi connectivity index (χ1n) is 6.70. The van der Waals surface area contributed by atoms with Crippen LogP contribution in [0, 0.1) is 11.8 Å². The predicted molar refractivity (Wildman–Crippen MR) is 60.7 cm³/mol. The highest BCUT2D eigenvalue weighted by molar-refractivity contribution is 4.93. The molecule has 0 aromatic carbocycles. The fraction of sp³-hybridized carbons (Fsp3) is 1.00. The molecule has 0 aromatic heterocycles. The second-order valence-electron chi connectivity index (χ2n) is 6.08. The van der Waals surface area contributed by atoms with Crippen LogP contribution >= 0.6 is 0 Å². The number of β-amino-alcohol motifs (C(OH)–C–C–N with tert-alkyl or cyclic N) is 1. The van der Waals surface area contributed by atoms with Gasteiger partial charge in [-0.15, -0.1) is 0 Å². The Bertz CT molecular complexity index is 223. The number of aliphatic hydroxyl groups is 1. The van der Waals surface area contributed by atoms with Crippen LogP contribution in [0.2, 0.25) is 0 Å². The van der Waals surface area contributed by atoms with E-state index >= 15 is 0 Å².